The van der Waals surface area contributed by atoms with E-state index in [1.807, 2.05) is 61.6 Å². The standard InChI is InChI=1S/C19H26N4O2S/c1-19(2,3)17(25)23-11-9-13(10-12-23)16(24)20-21-18-22(4)14-7-5-6-8-15(14)26-18/h5-8,13H,9-12H2,1-4H3,(H,20,24). The minimum atomic E-state index is -0.375. The maximum absolute atomic E-state index is 12.5. The van der Waals surface area contributed by atoms with Gasteiger partial charge in [-0.15, -0.1) is 5.10 Å². The average molecular weight is 375 g/mol. The topological polar surface area (TPSA) is 66.7 Å². The summed E-state index contributed by atoms with van der Waals surface area (Å²) >= 11 is 1.55. The van der Waals surface area contributed by atoms with E-state index in [9.17, 15) is 9.59 Å². The molecule has 2 heterocycles. The number of thiazole rings is 1. The molecule has 1 fully saturated rings. The third-order valence-corrected chi connectivity index (χ3v) is 5.88. The third kappa shape index (κ3) is 3.82. The van der Waals surface area contributed by atoms with Gasteiger partial charge >= 0.3 is 0 Å². The SMILES string of the molecule is Cn1c(=NNC(=O)C2CCN(C(=O)C(C)(C)C)CC2)sc2ccccc21. The van der Waals surface area contributed by atoms with E-state index in [-0.39, 0.29) is 23.1 Å². The van der Waals surface area contributed by atoms with Gasteiger partial charge in [-0.2, -0.15) is 0 Å². The third-order valence-electron chi connectivity index (χ3n) is 4.77. The fraction of sp³-hybridized carbons (Fsp3) is 0.526. The van der Waals surface area contributed by atoms with Gasteiger partial charge in [0, 0.05) is 31.5 Å². The highest BCUT2D eigenvalue weighted by Crippen LogP contribution is 2.23. The van der Waals surface area contributed by atoms with Gasteiger partial charge in [0.25, 0.3) is 0 Å². The maximum atomic E-state index is 12.5. The summed E-state index contributed by atoms with van der Waals surface area (Å²) < 4.78 is 3.11. The van der Waals surface area contributed by atoms with Crippen molar-refractivity contribution < 1.29 is 9.59 Å². The van der Waals surface area contributed by atoms with Gasteiger partial charge in [-0.3, -0.25) is 9.59 Å². The second-order valence-electron chi connectivity index (χ2n) is 7.82. The van der Waals surface area contributed by atoms with E-state index >= 15 is 0 Å². The smallest absolute Gasteiger partial charge is 0.243 e. The molecule has 0 aliphatic carbocycles. The lowest BCUT2D eigenvalue weighted by atomic mass is 9.91. The number of carbonyl (C=O) groups excluding carboxylic acids is 2. The number of carbonyl (C=O) groups is 2. The van der Waals surface area contributed by atoms with Crippen LogP contribution in [-0.2, 0) is 16.6 Å². The molecule has 7 heteroatoms. The molecule has 1 saturated heterocycles. The molecule has 2 amide bonds. The Balaban J connectivity index is 1.63. The number of aromatic nitrogens is 1. The molecule has 1 aliphatic rings. The van der Waals surface area contributed by atoms with Crippen LogP contribution in [0.15, 0.2) is 29.4 Å². The molecule has 1 N–H and O–H groups in total. The number of hydrogen-bond donors (Lipinski definition) is 1. The highest BCUT2D eigenvalue weighted by atomic mass is 32.1. The number of amides is 2. The molecule has 3 rings (SSSR count). The van der Waals surface area contributed by atoms with Crippen LogP contribution >= 0.6 is 11.3 Å². The number of benzene rings is 1. The van der Waals surface area contributed by atoms with Gasteiger partial charge in [-0.05, 0) is 25.0 Å². The number of para-hydroxylation sites is 1. The second-order valence-corrected chi connectivity index (χ2v) is 8.82. The molecular weight excluding hydrogens is 348 g/mol. The van der Waals surface area contributed by atoms with E-state index in [1.165, 1.54) is 0 Å². The van der Waals surface area contributed by atoms with Crippen molar-refractivity contribution in [2.75, 3.05) is 13.1 Å². The van der Waals surface area contributed by atoms with Crippen LogP contribution in [0.5, 0.6) is 0 Å². The van der Waals surface area contributed by atoms with Crippen molar-refractivity contribution >= 4 is 33.4 Å². The van der Waals surface area contributed by atoms with Gasteiger partial charge in [0.2, 0.25) is 16.6 Å². The van der Waals surface area contributed by atoms with Crippen molar-refractivity contribution in [1.82, 2.24) is 14.9 Å². The molecule has 6 nitrogen and oxygen atoms in total. The predicted molar refractivity (Wildman–Crippen MR) is 103 cm³/mol. The number of nitrogens with zero attached hydrogens (tertiary/aromatic N) is 3. The molecule has 140 valence electrons. The monoisotopic (exact) mass is 374 g/mol. The summed E-state index contributed by atoms with van der Waals surface area (Å²) in [6.45, 7) is 7.05. The van der Waals surface area contributed by atoms with Crippen molar-refractivity contribution in [3.05, 3.63) is 29.1 Å². The number of rotatable bonds is 2. The summed E-state index contributed by atoms with van der Waals surface area (Å²) in [5.41, 5.74) is 3.44. The lowest BCUT2D eigenvalue weighted by Crippen LogP contribution is -2.46. The summed E-state index contributed by atoms with van der Waals surface area (Å²) in [4.78, 5) is 27.4. The first-order valence-electron chi connectivity index (χ1n) is 8.95. The van der Waals surface area contributed by atoms with E-state index in [0.717, 1.165) is 15.0 Å². The summed E-state index contributed by atoms with van der Waals surface area (Å²) in [5, 5.41) is 4.31. The minimum Gasteiger partial charge on any atom is -0.342 e. The molecule has 0 spiro atoms. The predicted octanol–water partition coefficient (Wildman–Crippen LogP) is 2.46. The minimum absolute atomic E-state index is 0.0645. The summed E-state index contributed by atoms with van der Waals surface area (Å²) in [5.74, 6) is -0.00823. The molecule has 0 bridgehead atoms. The summed E-state index contributed by atoms with van der Waals surface area (Å²) in [7, 11) is 1.94. The van der Waals surface area contributed by atoms with E-state index in [2.05, 4.69) is 10.5 Å². The fourth-order valence-electron chi connectivity index (χ4n) is 3.20. The van der Waals surface area contributed by atoms with Crippen LogP contribution in [0.4, 0.5) is 0 Å². The Morgan fingerprint density at radius 3 is 2.46 bits per heavy atom. The number of nitrogens with one attached hydrogen (secondary N) is 1. The molecule has 1 aromatic carbocycles. The maximum Gasteiger partial charge on any atom is 0.243 e. The Morgan fingerprint density at radius 2 is 1.85 bits per heavy atom. The van der Waals surface area contributed by atoms with Gasteiger partial charge < -0.3 is 9.47 Å². The summed E-state index contributed by atoms with van der Waals surface area (Å²) in [6, 6.07) is 8.06. The van der Waals surface area contributed by atoms with E-state index in [0.29, 0.717) is 25.9 Å². The number of fused-ring (bicyclic) bond motifs is 1. The Hall–Kier alpha value is -2.15. The second kappa shape index (κ2) is 7.23. The lowest BCUT2D eigenvalue weighted by Gasteiger charge is -2.35. The zero-order valence-electron chi connectivity index (χ0n) is 15.8. The number of piperidine rings is 1. The van der Waals surface area contributed by atoms with Crippen LogP contribution in [0.25, 0.3) is 10.2 Å². The lowest BCUT2D eigenvalue weighted by molar-refractivity contribution is -0.142. The van der Waals surface area contributed by atoms with Crippen molar-refractivity contribution in [1.29, 1.82) is 0 Å². The van der Waals surface area contributed by atoms with E-state index in [4.69, 9.17) is 0 Å². The zero-order chi connectivity index (χ0) is 18.9. The van der Waals surface area contributed by atoms with Crippen molar-refractivity contribution in [2.24, 2.45) is 23.5 Å². The number of hydrogen-bond acceptors (Lipinski definition) is 4. The van der Waals surface area contributed by atoms with Crippen molar-refractivity contribution in [2.45, 2.75) is 33.6 Å². The van der Waals surface area contributed by atoms with Gasteiger partial charge in [-0.1, -0.05) is 44.2 Å². The Morgan fingerprint density at radius 1 is 1.19 bits per heavy atom. The van der Waals surface area contributed by atoms with Crippen molar-refractivity contribution in [3.8, 4) is 0 Å². The van der Waals surface area contributed by atoms with Crippen molar-refractivity contribution in [3.63, 3.8) is 0 Å². The fourth-order valence-corrected chi connectivity index (χ4v) is 4.18. The first kappa shape index (κ1) is 18.6. The van der Waals surface area contributed by atoms with Crippen LogP contribution in [0.2, 0.25) is 0 Å². The normalized spacial score (nSPS) is 16.9. The van der Waals surface area contributed by atoms with Gasteiger partial charge in [-0.25, -0.2) is 5.43 Å². The Bertz CT molecular complexity index is 883. The molecule has 1 aliphatic heterocycles. The van der Waals surface area contributed by atoms with Gasteiger partial charge in [0.05, 0.1) is 10.2 Å². The first-order chi connectivity index (χ1) is 12.3. The summed E-state index contributed by atoms with van der Waals surface area (Å²) in [6.07, 6.45) is 1.36. The molecule has 0 radical (unpaired) electrons. The Labute approximate surface area is 157 Å². The molecule has 0 saturated carbocycles. The van der Waals surface area contributed by atoms with Crippen LogP contribution in [0.1, 0.15) is 33.6 Å². The first-order valence-corrected chi connectivity index (χ1v) is 9.76. The van der Waals surface area contributed by atoms with E-state index < -0.39 is 0 Å². The molecule has 2 aromatic rings. The number of aryl methyl sites for hydroxylation is 1. The largest absolute Gasteiger partial charge is 0.342 e. The highest BCUT2D eigenvalue weighted by molar-refractivity contribution is 7.16. The van der Waals surface area contributed by atoms with E-state index in [1.54, 1.807) is 11.3 Å². The molecular formula is C19H26N4O2S. The molecule has 1 aromatic heterocycles. The van der Waals surface area contributed by atoms with Gasteiger partial charge in [0.1, 0.15) is 0 Å². The highest BCUT2D eigenvalue weighted by Gasteiger charge is 2.32. The molecule has 0 atom stereocenters. The molecule has 0 unspecified atom stereocenters. The molecule has 26 heavy (non-hydrogen) atoms. The zero-order valence-corrected chi connectivity index (χ0v) is 16.6. The van der Waals surface area contributed by atoms with Crippen LogP contribution in [0.3, 0.4) is 0 Å². The quantitative estimate of drug-likeness (QED) is 0.821. The average Bonchev–Trinajstić information content (AvgIpc) is 2.95. The Kier molecular flexibility index (Phi) is 5.18. The van der Waals surface area contributed by atoms with Crippen LogP contribution < -0.4 is 10.2 Å². The van der Waals surface area contributed by atoms with Gasteiger partial charge in [0.15, 0.2) is 0 Å². The van der Waals surface area contributed by atoms with Crippen LogP contribution in [-0.4, -0.2) is 34.4 Å². The number of likely N-dealkylation sites (tertiary alicyclic amines) is 1. The van der Waals surface area contributed by atoms with Crippen LogP contribution in [0, 0.1) is 11.3 Å².